The van der Waals surface area contributed by atoms with Gasteiger partial charge in [0.1, 0.15) is 0 Å². The largest absolute Gasteiger partial charge is 0.328 e. The number of hydrogen-bond donors (Lipinski definition) is 0. The molecule has 88 valence electrons. The lowest BCUT2D eigenvalue weighted by atomic mass is 10.0. The minimum Gasteiger partial charge on any atom is -0.328 e. The topological polar surface area (TPSA) is 34.9 Å². The molecule has 2 rings (SSSR count). The monoisotopic (exact) mass is 228 g/mol. The van der Waals surface area contributed by atoms with Crippen LogP contribution in [0.4, 0.5) is 0 Å². The van der Waals surface area contributed by atoms with Crippen LogP contribution in [0.5, 0.6) is 0 Å². The molecule has 17 heavy (non-hydrogen) atoms. The quantitative estimate of drug-likeness (QED) is 0.754. The van der Waals surface area contributed by atoms with Crippen molar-refractivity contribution in [2.75, 3.05) is 0 Å². The van der Waals surface area contributed by atoms with Gasteiger partial charge in [-0.25, -0.2) is 4.98 Å². The number of carbonyl (C=O) groups excluding carboxylic acids is 1. The van der Waals surface area contributed by atoms with Crippen molar-refractivity contribution in [1.29, 1.82) is 0 Å². The van der Waals surface area contributed by atoms with Gasteiger partial charge in [0, 0.05) is 24.5 Å². The van der Waals surface area contributed by atoms with Gasteiger partial charge < -0.3 is 4.57 Å². The van der Waals surface area contributed by atoms with Crippen molar-refractivity contribution in [3.63, 3.8) is 0 Å². The summed E-state index contributed by atoms with van der Waals surface area (Å²) < 4.78 is 1.87. The number of nitrogens with zero attached hydrogens (tertiary/aromatic N) is 2. The van der Waals surface area contributed by atoms with Crippen LogP contribution < -0.4 is 0 Å². The number of carbonyl (C=O) groups is 1. The van der Waals surface area contributed by atoms with Crippen LogP contribution in [0.15, 0.2) is 36.7 Å². The fourth-order valence-electron chi connectivity index (χ4n) is 1.94. The zero-order valence-corrected chi connectivity index (χ0v) is 10.2. The average molecular weight is 228 g/mol. The van der Waals surface area contributed by atoms with Crippen molar-refractivity contribution < 1.29 is 4.79 Å². The van der Waals surface area contributed by atoms with Crippen LogP contribution in [0.1, 0.15) is 35.6 Å². The van der Waals surface area contributed by atoms with Crippen molar-refractivity contribution in [2.45, 2.75) is 26.8 Å². The van der Waals surface area contributed by atoms with Gasteiger partial charge in [0.15, 0.2) is 5.82 Å². The number of hydrogen-bond acceptors (Lipinski definition) is 2. The number of benzene rings is 1. The van der Waals surface area contributed by atoms with E-state index in [0.717, 1.165) is 24.1 Å². The first-order valence-corrected chi connectivity index (χ1v) is 5.91. The zero-order chi connectivity index (χ0) is 12.3. The van der Waals surface area contributed by atoms with Crippen LogP contribution in [0, 0.1) is 0 Å². The minimum absolute atomic E-state index is 0.00861. The fraction of sp³-hybridized carbons (Fsp3) is 0.286. The van der Waals surface area contributed by atoms with Crippen molar-refractivity contribution in [2.24, 2.45) is 0 Å². The van der Waals surface area contributed by atoms with Crippen LogP contribution in [-0.4, -0.2) is 15.3 Å². The van der Waals surface area contributed by atoms with Gasteiger partial charge in [-0.1, -0.05) is 31.2 Å². The summed E-state index contributed by atoms with van der Waals surface area (Å²) in [6.07, 6.45) is 4.36. The second kappa shape index (κ2) is 4.95. The number of aromatic nitrogens is 2. The van der Waals surface area contributed by atoms with Gasteiger partial charge in [-0.05, 0) is 18.9 Å². The van der Waals surface area contributed by atoms with Crippen molar-refractivity contribution >= 4 is 5.78 Å². The van der Waals surface area contributed by atoms with E-state index in [1.165, 1.54) is 0 Å². The highest BCUT2D eigenvalue weighted by Gasteiger charge is 2.16. The first kappa shape index (κ1) is 11.6. The average Bonchev–Trinajstić information content (AvgIpc) is 2.86. The standard InChI is InChI=1S/C14H16N2O/c1-3-11-7-5-6-8-12(11)13(17)14-15-9-10-16(14)4-2/h5-10H,3-4H2,1-2H3. The lowest BCUT2D eigenvalue weighted by Gasteiger charge is -2.07. The van der Waals surface area contributed by atoms with E-state index in [0.29, 0.717) is 5.82 Å². The Hall–Kier alpha value is -1.90. The second-order valence-electron chi connectivity index (χ2n) is 3.88. The molecular weight excluding hydrogens is 212 g/mol. The summed E-state index contributed by atoms with van der Waals surface area (Å²) in [5.41, 5.74) is 1.83. The molecule has 1 heterocycles. The highest BCUT2D eigenvalue weighted by Crippen LogP contribution is 2.14. The van der Waals surface area contributed by atoms with Gasteiger partial charge in [-0.15, -0.1) is 0 Å². The first-order valence-electron chi connectivity index (χ1n) is 5.91. The third kappa shape index (κ3) is 2.13. The molecule has 0 spiro atoms. The first-order chi connectivity index (χ1) is 8.27. The molecule has 0 N–H and O–H groups in total. The van der Waals surface area contributed by atoms with E-state index in [1.54, 1.807) is 6.20 Å². The number of rotatable bonds is 4. The Labute approximate surface area is 101 Å². The smallest absolute Gasteiger partial charge is 0.228 e. The van der Waals surface area contributed by atoms with Crippen molar-refractivity contribution in [1.82, 2.24) is 9.55 Å². The number of aryl methyl sites for hydroxylation is 2. The Morgan fingerprint density at radius 3 is 2.76 bits per heavy atom. The molecule has 2 aromatic rings. The van der Waals surface area contributed by atoms with Crippen LogP contribution in [0.3, 0.4) is 0 Å². The maximum Gasteiger partial charge on any atom is 0.228 e. The van der Waals surface area contributed by atoms with E-state index >= 15 is 0 Å². The molecule has 0 saturated heterocycles. The summed E-state index contributed by atoms with van der Waals surface area (Å²) in [4.78, 5) is 16.5. The maximum atomic E-state index is 12.4. The van der Waals surface area contributed by atoms with Crippen LogP contribution >= 0.6 is 0 Å². The Bertz CT molecular complexity index is 529. The van der Waals surface area contributed by atoms with E-state index in [2.05, 4.69) is 11.9 Å². The molecule has 0 saturated carbocycles. The van der Waals surface area contributed by atoms with Gasteiger partial charge >= 0.3 is 0 Å². The highest BCUT2D eigenvalue weighted by molar-refractivity contribution is 6.07. The van der Waals surface area contributed by atoms with Gasteiger partial charge in [0.05, 0.1) is 0 Å². The van der Waals surface area contributed by atoms with E-state index < -0.39 is 0 Å². The van der Waals surface area contributed by atoms with E-state index in [4.69, 9.17) is 0 Å². The molecule has 0 bridgehead atoms. The number of ketones is 1. The molecule has 0 amide bonds. The third-order valence-electron chi connectivity index (χ3n) is 2.90. The lowest BCUT2D eigenvalue weighted by Crippen LogP contribution is -2.12. The molecule has 1 aromatic heterocycles. The molecule has 3 heteroatoms. The zero-order valence-electron chi connectivity index (χ0n) is 10.2. The molecule has 3 nitrogen and oxygen atoms in total. The van der Waals surface area contributed by atoms with Crippen LogP contribution in [-0.2, 0) is 13.0 Å². The molecule has 0 atom stereocenters. The van der Waals surface area contributed by atoms with Gasteiger partial charge in [-0.3, -0.25) is 4.79 Å². The Balaban J connectivity index is 2.44. The van der Waals surface area contributed by atoms with E-state index in [9.17, 15) is 4.79 Å². The molecule has 0 fully saturated rings. The summed E-state index contributed by atoms with van der Waals surface area (Å²) in [7, 11) is 0. The third-order valence-corrected chi connectivity index (χ3v) is 2.90. The summed E-state index contributed by atoms with van der Waals surface area (Å²) in [6.45, 7) is 4.82. The molecule has 0 unspecified atom stereocenters. The summed E-state index contributed by atoms with van der Waals surface area (Å²) in [6, 6.07) is 7.72. The highest BCUT2D eigenvalue weighted by atomic mass is 16.1. The van der Waals surface area contributed by atoms with Gasteiger partial charge in [-0.2, -0.15) is 0 Å². The Morgan fingerprint density at radius 1 is 1.29 bits per heavy atom. The fourth-order valence-corrected chi connectivity index (χ4v) is 1.94. The summed E-state index contributed by atoms with van der Waals surface area (Å²) >= 11 is 0. The van der Waals surface area contributed by atoms with Crippen LogP contribution in [0.2, 0.25) is 0 Å². The predicted octanol–water partition coefficient (Wildman–Crippen LogP) is 2.70. The van der Waals surface area contributed by atoms with Crippen molar-refractivity contribution in [3.05, 3.63) is 53.6 Å². The molecule has 0 aliphatic rings. The Kier molecular flexibility index (Phi) is 3.38. The number of imidazole rings is 1. The van der Waals surface area contributed by atoms with Gasteiger partial charge in [0.25, 0.3) is 0 Å². The molecule has 0 aliphatic carbocycles. The summed E-state index contributed by atoms with van der Waals surface area (Å²) in [5, 5.41) is 0. The SMILES string of the molecule is CCc1ccccc1C(=O)c1nccn1CC. The Morgan fingerprint density at radius 2 is 2.06 bits per heavy atom. The normalized spacial score (nSPS) is 10.5. The minimum atomic E-state index is 0.00861. The van der Waals surface area contributed by atoms with E-state index in [-0.39, 0.29) is 5.78 Å². The van der Waals surface area contributed by atoms with Crippen LogP contribution in [0.25, 0.3) is 0 Å². The molecular formula is C14H16N2O. The molecule has 0 radical (unpaired) electrons. The van der Waals surface area contributed by atoms with Crippen molar-refractivity contribution in [3.8, 4) is 0 Å². The summed E-state index contributed by atoms with van der Waals surface area (Å²) in [5.74, 6) is 0.530. The second-order valence-corrected chi connectivity index (χ2v) is 3.88. The predicted molar refractivity (Wildman–Crippen MR) is 67.2 cm³/mol. The molecule has 1 aromatic carbocycles. The maximum absolute atomic E-state index is 12.4. The molecule has 0 aliphatic heterocycles. The van der Waals surface area contributed by atoms with E-state index in [1.807, 2.05) is 42.0 Å². The van der Waals surface area contributed by atoms with Gasteiger partial charge in [0.2, 0.25) is 5.78 Å². The lowest BCUT2D eigenvalue weighted by molar-refractivity contribution is 0.102.